The molecule has 1 aliphatic heterocycles. The highest BCUT2D eigenvalue weighted by atomic mass is 16.3. The second kappa shape index (κ2) is 4.28. The summed E-state index contributed by atoms with van der Waals surface area (Å²) in [6, 6.07) is 14.5. The molecule has 1 N–H and O–H groups in total. The van der Waals surface area contributed by atoms with Crippen LogP contribution in [0.5, 0.6) is 5.75 Å². The molecule has 3 rings (SSSR count). The first-order chi connectivity index (χ1) is 9.16. The molecule has 0 aromatic heterocycles. The molecule has 0 bridgehead atoms. The van der Waals surface area contributed by atoms with Crippen molar-refractivity contribution in [3.63, 3.8) is 0 Å². The van der Waals surface area contributed by atoms with Crippen LogP contribution < -0.4 is 4.90 Å². The van der Waals surface area contributed by atoms with Gasteiger partial charge in [0.05, 0.1) is 5.69 Å². The Kier molecular flexibility index (Phi) is 2.60. The number of likely N-dealkylation sites (N-methyl/N-ethyl adjacent to an activating group) is 1. The summed E-state index contributed by atoms with van der Waals surface area (Å²) in [5, 5.41) is 9.27. The Morgan fingerprint density at radius 1 is 1.05 bits per heavy atom. The minimum Gasteiger partial charge on any atom is -0.508 e. The van der Waals surface area contributed by atoms with Gasteiger partial charge in [-0.05, 0) is 29.8 Å². The van der Waals surface area contributed by atoms with Gasteiger partial charge in [-0.3, -0.25) is 4.79 Å². The number of phenols is 1. The average molecular weight is 251 g/mol. The van der Waals surface area contributed by atoms with Gasteiger partial charge in [-0.15, -0.1) is 0 Å². The number of anilines is 1. The number of hydrogen-bond donors (Lipinski definition) is 1. The fourth-order valence-corrected chi connectivity index (χ4v) is 2.28. The Morgan fingerprint density at radius 2 is 1.74 bits per heavy atom. The standard InChI is InChI=1S/C16H13NO2/c1-17-15-5-3-2-4-13(15)14(16(17)19)10-11-6-8-12(18)9-7-11/h2-10,18H,1H3/b14-10-. The van der Waals surface area contributed by atoms with Crippen LogP contribution in [0.2, 0.25) is 0 Å². The Morgan fingerprint density at radius 3 is 2.47 bits per heavy atom. The van der Waals surface area contributed by atoms with E-state index in [9.17, 15) is 9.90 Å². The molecule has 0 fully saturated rings. The summed E-state index contributed by atoms with van der Waals surface area (Å²) in [6.45, 7) is 0. The first-order valence-corrected chi connectivity index (χ1v) is 6.05. The number of carbonyl (C=O) groups is 1. The van der Waals surface area contributed by atoms with E-state index in [0.29, 0.717) is 5.57 Å². The molecule has 0 atom stereocenters. The normalized spacial score (nSPS) is 15.9. The predicted octanol–water partition coefficient (Wildman–Crippen LogP) is 2.91. The lowest BCUT2D eigenvalue weighted by atomic mass is 10.0. The molecule has 0 spiro atoms. The summed E-state index contributed by atoms with van der Waals surface area (Å²) in [5.74, 6) is 0.215. The van der Waals surface area contributed by atoms with E-state index in [4.69, 9.17) is 0 Å². The van der Waals surface area contributed by atoms with E-state index in [2.05, 4.69) is 0 Å². The molecule has 0 radical (unpaired) electrons. The third kappa shape index (κ3) is 1.89. The van der Waals surface area contributed by atoms with Crippen molar-refractivity contribution in [3.05, 3.63) is 59.7 Å². The molecule has 94 valence electrons. The van der Waals surface area contributed by atoms with Crippen LogP contribution in [-0.4, -0.2) is 18.1 Å². The largest absolute Gasteiger partial charge is 0.508 e. The van der Waals surface area contributed by atoms with Crippen molar-refractivity contribution in [2.45, 2.75) is 0 Å². The summed E-state index contributed by atoms with van der Waals surface area (Å²) < 4.78 is 0. The van der Waals surface area contributed by atoms with Crippen LogP contribution in [0, 0.1) is 0 Å². The third-order valence-electron chi connectivity index (χ3n) is 3.29. The van der Waals surface area contributed by atoms with Gasteiger partial charge in [-0.1, -0.05) is 30.3 Å². The fourth-order valence-electron chi connectivity index (χ4n) is 2.28. The molecule has 2 aromatic rings. The lowest BCUT2D eigenvalue weighted by Gasteiger charge is -2.07. The Balaban J connectivity index is 2.10. The molecule has 3 nitrogen and oxygen atoms in total. The maximum atomic E-state index is 12.2. The molecular weight excluding hydrogens is 238 g/mol. The Bertz CT molecular complexity index is 671. The van der Waals surface area contributed by atoms with Crippen LogP contribution in [0.4, 0.5) is 5.69 Å². The number of amides is 1. The molecule has 2 aromatic carbocycles. The topological polar surface area (TPSA) is 40.5 Å². The van der Waals surface area contributed by atoms with Gasteiger partial charge in [0.2, 0.25) is 0 Å². The molecule has 1 aliphatic rings. The van der Waals surface area contributed by atoms with Gasteiger partial charge in [0, 0.05) is 18.2 Å². The van der Waals surface area contributed by atoms with Crippen molar-refractivity contribution in [2.24, 2.45) is 0 Å². The SMILES string of the molecule is CN1C(=O)/C(=C\c2ccc(O)cc2)c2ccccc21. The van der Waals surface area contributed by atoms with Gasteiger partial charge in [-0.25, -0.2) is 0 Å². The van der Waals surface area contributed by atoms with E-state index in [-0.39, 0.29) is 11.7 Å². The zero-order chi connectivity index (χ0) is 13.4. The highest BCUT2D eigenvalue weighted by Gasteiger charge is 2.28. The molecule has 0 aliphatic carbocycles. The summed E-state index contributed by atoms with van der Waals surface area (Å²) in [7, 11) is 1.78. The molecule has 3 heteroatoms. The Labute approximate surface area is 111 Å². The molecule has 0 saturated carbocycles. The maximum Gasteiger partial charge on any atom is 0.258 e. The Hall–Kier alpha value is -2.55. The monoisotopic (exact) mass is 251 g/mol. The lowest BCUT2D eigenvalue weighted by Crippen LogP contribution is -2.20. The van der Waals surface area contributed by atoms with Crippen molar-refractivity contribution in [1.82, 2.24) is 0 Å². The second-order valence-corrected chi connectivity index (χ2v) is 4.53. The second-order valence-electron chi connectivity index (χ2n) is 4.53. The van der Waals surface area contributed by atoms with Crippen molar-refractivity contribution in [2.75, 3.05) is 11.9 Å². The highest BCUT2D eigenvalue weighted by molar-refractivity contribution is 6.35. The van der Waals surface area contributed by atoms with Crippen LogP contribution in [0.25, 0.3) is 11.6 Å². The predicted molar refractivity (Wildman–Crippen MR) is 75.8 cm³/mol. The summed E-state index contributed by atoms with van der Waals surface area (Å²) in [6.07, 6.45) is 1.85. The van der Waals surface area contributed by atoms with E-state index in [0.717, 1.165) is 16.8 Å². The number of rotatable bonds is 1. The van der Waals surface area contributed by atoms with Crippen molar-refractivity contribution in [1.29, 1.82) is 0 Å². The zero-order valence-corrected chi connectivity index (χ0v) is 10.5. The van der Waals surface area contributed by atoms with Crippen molar-refractivity contribution >= 4 is 23.2 Å². The minimum absolute atomic E-state index is 0.00530. The molecule has 0 saturated heterocycles. The van der Waals surface area contributed by atoms with E-state index >= 15 is 0 Å². The van der Waals surface area contributed by atoms with Crippen LogP contribution in [-0.2, 0) is 4.79 Å². The smallest absolute Gasteiger partial charge is 0.258 e. The van der Waals surface area contributed by atoms with E-state index in [1.807, 2.05) is 30.3 Å². The average Bonchev–Trinajstić information content (AvgIpc) is 2.67. The number of carbonyl (C=O) groups excluding carboxylic acids is 1. The first-order valence-electron chi connectivity index (χ1n) is 6.05. The fraction of sp³-hybridized carbons (Fsp3) is 0.0625. The van der Waals surface area contributed by atoms with Crippen molar-refractivity contribution < 1.29 is 9.90 Å². The summed E-state index contributed by atoms with van der Waals surface area (Å²) >= 11 is 0. The van der Waals surface area contributed by atoms with E-state index in [1.165, 1.54) is 0 Å². The van der Waals surface area contributed by atoms with E-state index < -0.39 is 0 Å². The zero-order valence-electron chi connectivity index (χ0n) is 10.5. The number of hydrogen-bond acceptors (Lipinski definition) is 2. The number of benzene rings is 2. The number of aromatic hydroxyl groups is 1. The highest BCUT2D eigenvalue weighted by Crippen LogP contribution is 2.36. The third-order valence-corrected chi connectivity index (χ3v) is 3.29. The van der Waals surface area contributed by atoms with Crippen LogP contribution in [0.1, 0.15) is 11.1 Å². The molecule has 19 heavy (non-hydrogen) atoms. The number of para-hydroxylation sites is 1. The minimum atomic E-state index is -0.00530. The molecular formula is C16H13NO2. The van der Waals surface area contributed by atoms with Gasteiger partial charge >= 0.3 is 0 Å². The van der Waals surface area contributed by atoms with Crippen molar-refractivity contribution in [3.8, 4) is 5.75 Å². The quantitative estimate of drug-likeness (QED) is 0.792. The number of phenolic OH excluding ortho intramolecular Hbond substituents is 1. The van der Waals surface area contributed by atoms with Gasteiger partial charge < -0.3 is 10.0 Å². The lowest BCUT2D eigenvalue weighted by molar-refractivity contribution is -0.112. The molecule has 1 heterocycles. The molecule has 0 unspecified atom stereocenters. The van der Waals surface area contributed by atoms with Gasteiger partial charge in [-0.2, -0.15) is 0 Å². The first kappa shape index (κ1) is 11.5. The number of nitrogens with zero attached hydrogens (tertiary/aromatic N) is 1. The van der Waals surface area contributed by atoms with Gasteiger partial charge in [0.15, 0.2) is 0 Å². The van der Waals surface area contributed by atoms with Crippen LogP contribution >= 0.6 is 0 Å². The summed E-state index contributed by atoms with van der Waals surface area (Å²) in [4.78, 5) is 13.9. The van der Waals surface area contributed by atoms with Crippen LogP contribution in [0.15, 0.2) is 48.5 Å². The summed E-state index contributed by atoms with van der Waals surface area (Å²) in [5.41, 5.74) is 3.45. The van der Waals surface area contributed by atoms with E-state index in [1.54, 1.807) is 36.2 Å². The van der Waals surface area contributed by atoms with Gasteiger partial charge in [0.25, 0.3) is 5.91 Å². The van der Waals surface area contributed by atoms with Crippen LogP contribution in [0.3, 0.4) is 0 Å². The van der Waals surface area contributed by atoms with Gasteiger partial charge in [0.1, 0.15) is 5.75 Å². The number of fused-ring (bicyclic) bond motifs is 1. The maximum absolute atomic E-state index is 12.2. The molecule has 1 amide bonds.